The normalized spacial score (nSPS) is 11.7. The largest absolute Gasteiger partial charge is 0.299 e. The minimum atomic E-state index is -3.17. The molecule has 0 amide bonds. The molecule has 0 unspecified atom stereocenters. The number of para-hydroxylation sites is 1. The topological polar surface area (TPSA) is 52.0 Å². The maximum Gasteiger partial charge on any atom is 0.178 e. The zero-order chi connectivity index (χ0) is 18.1. The molecule has 0 fully saturated rings. The first-order valence-corrected chi connectivity index (χ1v) is 10.1. The highest BCUT2D eigenvalue weighted by atomic mass is 32.2. The Morgan fingerprint density at radius 2 is 1.58 bits per heavy atom. The van der Waals surface area contributed by atoms with E-state index in [0.717, 1.165) is 27.8 Å². The zero-order valence-corrected chi connectivity index (χ0v) is 15.1. The second-order valence-corrected chi connectivity index (χ2v) is 8.36. The van der Waals surface area contributed by atoms with Crippen LogP contribution in [0.2, 0.25) is 0 Å². The molecule has 0 aliphatic carbocycles. The Hall–Kier alpha value is -2.92. The van der Waals surface area contributed by atoms with Crippen LogP contribution in [0.4, 0.5) is 0 Å². The van der Waals surface area contributed by atoms with Crippen molar-refractivity contribution in [3.8, 4) is 16.8 Å². The predicted molar refractivity (Wildman–Crippen MR) is 104 cm³/mol. The lowest BCUT2D eigenvalue weighted by Gasteiger charge is -2.06. The lowest BCUT2D eigenvalue weighted by Crippen LogP contribution is -2.03. The lowest BCUT2D eigenvalue weighted by molar-refractivity contribution is 0.597. The first kappa shape index (κ1) is 16.5. The number of hydrogen-bond acceptors (Lipinski definition) is 3. The van der Waals surface area contributed by atoms with Crippen LogP contribution >= 0.6 is 0 Å². The SMILES string of the molecule is CCS(=O)(=O)c1ccc(-c2ccc3c(c2)ncn3-c2ccccc2)cc1. The Balaban J connectivity index is 1.73. The van der Waals surface area contributed by atoms with Gasteiger partial charge in [0.25, 0.3) is 0 Å². The van der Waals surface area contributed by atoms with E-state index < -0.39 is 9.84 Å². The van der Waals surface area contributed by atoms with Gasteiger partial charge in [0.15, 0.2) is 9.84 Å². The molecule has 0 radical (unpaired) electrons. The molecule has 5 heteroatoms. The summed E-state index contributed by atoms with van der Waals surface area (Å²) >= 11 is 0. The molecular formula is C21H18N2O2S. The molecule has 3 aromatic carbocycles. The number of aromatic nitrogens is 2. The minimum Gasteiger partial charge on any atom is -0.299 e. The van der Waals surface area contributed by atoms with Crippen LogP contribution in [0, 0.1) is 0 Å². The Kier molecular flexibility index (Phi) is 4.09. The molecule has 26 heavy (non-hydrogen) atoms. The van der Waals surface area contributed by atoms with Crippen molar-refractivity contribution in [1.82, 2.24) is 9.55 Å². The summed E-state index contributed by atoms with van der Waals surface area (Å²) in [4.78, 5) is 4.88. The molecule has 4 rings (SSSR count). The van der Waals surface area contributed by atoms with Gasteiger partial charge in [-0.1, -0.05) is 43.3 Å². The molecule has 0 bridgehead atoms. The third kappa shape index (κ3) is 2.91. The van der Waals surface area contributed by atoms with Crippen molar-refractivity contribution in [3.63, 3.8) is 0 Å². The fourth-order valence-corrected chi connectivity index (χ4v) is 3.89. The zero-order valence-electron chi connectivity index (χ0n) is 14.3. The molecule has 0 atom stereocenters. The van der Waals surface area contributed by atoms with Gasteiger partial charge < -0.3 is 0 Å². The molecular weight excluding hydrogens is 344 g/mol. The van der Waals surface area contributed by atoms with E-state index in [1.807, 2.05) is 67.0 Å². The smallest absolute Gasteiger partial charge is 0.178 e. The lowest BCUT2D eigenvalue weighted by atomic mass is 10.1. The van der Waals surface area contributed by atoms with E-state index in [4.69, 9.17) is 0 Å². The van der Waals surface area contributed by atoms with Gasteiger partial charge in [-0.2, -0.15) is 0 Å². The highest BCUT2D eigenvalue weighted by Crippen LogP contribution is 2.26. The van der Waals surface area contributed by atoms with E-state index in [1.165, 1.54) is 0 Å². The molecule has 0 aliphatic rings. The van der Waals surface area contributed by atoms with E-state index in [9.17, 15) is 8.42 Å². The Bertz CT molecular complexity index is 1160. The second-order valence-electron chi connectivity index (χ2n) is 6.08. The van der Waals surface area contributed by atoms with Gasteiger partial charge in [-0.05, 0) is 47.5 Å². The van der Waals surface area contributed by atoms with Crippen LogP contribution in [0.3, 0.4) is 0 Å². The average Bonchev–Trinajstić information content (AvgIpc) is 3.12. The first-order valence-electron chi connectivity index (χ1n) is 8.44. The molecule has 0 N–H and O–H groups in total. The van der Waals surface area contributed by atoms with Gasteiger partial charge in [0.2, 0.25) is 0 Å². The van der Waals surface area contributed by atoms with Gasteiger partial charge in [0.1, 0.15) is 6.33 Å². The molecule has 130 valence electrons. The summed E-state index contributed by atoms with van der Waals surface area (Å²) < 4.78 is 25.9. The summed E-state index contributed by atoms with van der Waals surface area (Å²) in [5, 5.41) is 0. The van der Waals surface area contributed by atoms with E-state index >= 15 is 0 Å². The minimum absolute atomic E-state index is 0.106. The Labute approximate surface area is 152 Å². The summed E-state index contributed by atoms with van der Waals surface area (Å²) in [5.74, 6) is 0.106. The number of imidazole rings is 1. The van der Waals surface area contributed by atoms with Gasteiger partial charge >= 0.3 is 0 Å². The van der Waals surface area contributed by atoms with Gasteiger partial charge in [0.05, 0.1) is 21.7 Å². The second kappa shape index (κ2) is 6.42. The van der Waals surface area contributed by atoms with Crippen molar-refractivity contribution in [2.24, 2.45) is 0 Å². The fourth-order valence-electron chi connectivity index (χ4n) is 3.01. The molecule has 0 saturated carbocycles. The van der Waals surface area contributed by atoms with E-state index in [0.29, 0.717) is 4.90 Å². The summed E-state index contributed by atoms with van der Waals surface area (Å²) in [6.45, 7) is 1.65. The third-order valence-electron chi connectivity index (χ3n) is 4.51. The predicted octanol–water partition coefficient (Wildman–Crippen LogP) is 4.49. The number of nitrogens with zero attached hydrogens (tertiary/aromatic N) is 2. The van der Waals surface area contributed by atoms with E-state index in [-0.39, 0.29) is 5.75 Å². The monoisotopic (exact) mass is 362 g/mol. The fraction of sp³-hybridized carbons (Fsp3) is 0.0952. The summed E-state index contributed by atoms with van der Waals surface area (Å²) in [5.41, 5.74) is 4.98. The van der Waals surface area contributed by atoms with E-state index in [2.05, 4.69) is 9.55 Å². The van der Waals surface area contributed by atoms with Crippen molar-refractivity contribution in [2.45, 2.75) is 11.8 Å². The molecule has 0 saturated heterocycles. The van der Waals surface area contributed by atoms with E-state index in [1.54, 1.807) is 19.1 Å². The standard InChI is InChI=1S/C21H18N2O2S/c1-2-26(24,25)19-11-8-16(9-12-19)17-10-13-21-20(14-17)22-15-23(21)18-6-4-3-5-7-18/h3-15H,2H2,1H3. The summed E-state index contributed by atoms with van der Waals surface area (Å²) in [6.07, 6.45) is 1.82. The van der Waals surface area contributed by atoms with Crippen LogP contribution < -0.4 is 0 Å². The Morgan fingerprint density at radius 1 is 0.885 bits per heavy atom. The van der Waals surface area contributed by atoms with Crippen molar-refractivity contribution < 1.29 is 8.42 Å². The molecule has 4 aromatic rings. The molecule has 1 heterocycles. The Morgan fingerprint density at radius 3 is 2.27 bits per heavy atom. The van der Waals surface area contributed by atoms with Crippen LogP contribution in [0.5, 0.6) is 0 Å². The number of sulfone groups is 1. The van der Waals surface area contributed by atoms with Crippen molar-refractivity contribution in [2.75, 3.05) is 5.75 Å². The van der Waals surface area contributed by atoms with Gasteiger partial charge in [-0.3, -0.25) is 4.57 Å². The van der Waals surface area contributed by atoms with Crippen LogP contribution in [0.25, 0.3) is 27.8 Å². The quantitative estimate of drug-likeness (QED) is 0.538. The molecule has 4 nitrogen and oxygen atoms in total. The summed E-state index contributed by atoms with van der Waals surface area (Å²) in [6, 6.07) is 23.2. The number of rotatable bonds is 4. The molecule has 0 aliphatic heterocycles. The first-order chi connectivity index (χ1) is 12.6. The third-order valence-corrected chi connectivity index (χ3v) is 6.26. The highest BCUT2D eigenvalue weighted by Gasteiger charge is 2.12. The van der Waals surface area contributed by atoms with Crippen molar-refractivity contribution in [3.05, 3.63) is 79.1 Å². The van der Waals surface area contributed by atoms with Crippen LogP contribution in [-0.4, -0.2) is 23.7 Å². The van der Waals surface area contributed by atoms with Gasteiger partial charge in [0, 0.05) is 5.69 Å². The highest BCUT2D eigenvalue weighted by molar-refractivity contribution is 7.91. The molecule has 1 aromatic heterocycles. The molecule has 0 spiro atoms. The maximum absolute atomic E-state index is 11.9. The number of fused-ring (bicyclic) bond motifs is 1. The van der Waals surface area contributed by atoms with Gasteiger partial charge in [-0.25, -0.2) is 13.4 Å². The van der Waals surface area contributed by atoms with Crippen molar-refractivity contribution in [1.29, 1.82) is 0 Å². The van der Waals surface area contributed by atoms with Crippen LogP contribution in [-0.2, 0) is 9.84 Å². The van der Waals surface area contributed by atoms with Crippen LogP contribution in [0.1, 0.15) is 6.92 Å². The maximum atomic E-state index is 11.9. The van der Waals surface area contributed by atoms with Gasteiger partial charge in [-0.15, -0.1) is 0 Å². The van der Waals surface area contributed by atoms with Crippen molar-refractivity contribution >= 4 is 20.9 Å². The summed E-state index contributed by atoms with van der Waals surface area (Å²) in [7, 11) is -3.17. The van der Waals surface area contributed by atoms with Crippen LogP contribution in [0.15, 0.2) is 84.0 Å². The average molecular weight is 362 g/mol. The number of hydrogen-bond donors (Lipinski definition) is 0. The number of benzene rings is 3.